The minimum atomic E-state index is -2.55. The smallest absolute Gasteiger partial charge is 0.242 e. The molecule has 3 aromatic carbocycles. The third kappa shape index (κ3) is 8.36. The molecule has 44 heavy (non-hydrogen) atoms. The third-order valence-electron chi connectivity index (χ3n) is 9.07. The van der Waals surface area contributed by atoms with Gasteiger partial charge in [-0.25, -0.2) is 4.52 Å². The topological polar surface area (TPSA) is 27.7 Å². The molecule has 1 heterocycles. The van der Waals surface area contributed by atoms with Gasteiger partial charge in [-0.3, -0.25) is 0 Å². The van der Waals surface area contributed by atoms with Crippen molar-refractivity contribution in [1.82, 2.24) is 0 Å². The molecule has 3 aromatic rings. The number of ether oxygens (including phenoxy) is 1. The van der Waals surface area contributed by atoms with Gasteiger partial charge in [0.2, 0.25) is 7.49 Å². The van der Waals surface area contributed by atoms with Crippen molar-refractivity contribution in [2.75, 3.05) is 6.61 Å². The van der Waals surface area contributed by atoms with Gasteiger partial charge in [-0.1, -0.05) is 111 Å². The van der Waals surface area contributed by atoms with Gasteiger partial charge in [-0.05, 0) is 87.6 Å². The molecule has 0 saturated heterocycles. The van der Waals surface area contributed by atoms with Crippen LogP contribution < -0.4 is 15.9 Å². The van der Waals surface area contributed by atoms with Crippen molar-refractivity contribution >= 4 is 31.7 Å². The molecule has 0 aliphatic carbocycles. The van der Waals surface area contributed by atoms with Gasteiger partial charge in [0.05, 0.1) is 12.7 Å². The minimum absolute atomic E-state index is 0.0909. The van der Waals surface area contributed by atoms with Gasteiger partial charge in [-0.15, -0.1) is 0 Å². The van der Waals surface area contributed by atoms with Gasteiger partial charge in [0.25, 0.3) is 0 Å². The fraction of sp³-hybridized carbons (Fsp3) is 0.385. The molecule has 5 heteroatoms. The predicted octanol–water partition coefficient (Wildman–Crippen LogP) is 9.32. The predicted molar refractivity (Wildman–Crippen MR) is 193 cm³/mol. The summed E-state index contributed by atoms with van der Waals surface area (Å²) in [6, 6.07) is 32.4. The summed E-state index contributed by atoms with van der Waals surface area (Å²) >= 11 is 0. The number of hydrogen-bond acceptors (Lipinski definition) is 3. The van der Waals surface area contributed by atoms with Gasteiger partial charge in [0.15, 0.2) is 8.32 Å². The van der Waals surface area contributed by atoms with Crippen LogP contribution in [0.3, 0.4) is 0 Å². The van der Waals surface area contributed by atoms with Crippen LogP contribution in [0.2, 0.25) is 18.1 Å². The Labute approximate surface area is 268 Å². The lowest BCUT2D eigenvalue weighted by atomic mass is 10.1. The molecule has 3 nitrogen and oxygen atoms in total. The van der Waals surface area contributed by atoms with Gasteiger partial charge < -0.3 is 9.16 Å². The van der Waals surface area contributed by atoms with Crippen molar-refractivity contribution in [3.8, 4) is 0 Å². The van der Waals surface area contributed by atoms with Crippen molar-refractivity contribution in [3.63, 3.8) is 0 Å². The molecule has 1 aliphatic rings. The molecular weight excluding hydrogens is 575 g/mol. The minimum Gasteiger partial charge on any atom is -0.414 e. The zero-order valence-electron chi connectivity index (χ0n) is 27.8. The van der Waals surface area contributed by atoms with E-state index in [-0.39, 0.29) is 23.4 Å². The average molecular weight is 628 g/mol. The highest BCUT2D eigenvalue weighted by atomic mass is 31.2. The maximum Gasteiger partial charge on any atom is 0.242 e. The fourth-order valence-electron chi connectivity index (χ4n) is 5.42. The van der Waals surface area contributed by atoms with Crippen molar-refractivity contribution < 1.29 is 13.7 Å². The van der Waals surface area contributed by atoms with E-state index in [2.05, 4.69) is 157 Å². The molecule has 0 N–H and O–H groups in total. The highest BCUT2D eigenvalue weighted by Gasteiger charge is 2.51. The van der Waals surface area contributed by atoms with Crippen LogP contribution >= 0.6 is 7.49 Å². The molecular formula is C39H52O3PSi+. The summed E-state index contributed by atoms with van der Waals surface area (Å²) in [5.41, 5.74) is 2.45. The van der Waals surface area contributed by atoms with Crippen LogP contribution in [0.4, 0.5) is 0 Å². The largest absolute Gasteiger partial charge is 0.414 e. The molecule has 0 bridgehead atoms. The number of allylic oxidation sites excluding steroid dienone is 3. The molecule has 1 aliphatic heterocycles. The Hall–Kier alpha value is -2.59. The second-order valence-electron chi connectivity index (χ2n) is 13.5. The van der Waals surface area contributed by atoms with Crippen molar-refractivity contribution in [2.45, 2.75) is 90.3 Å². The van der Waals surface area contributed by atoms with E-state index in [0.717, 1.165) is 24.8 Å². The molecule has 0 saturated carbocycles. The molecule has 0 aromatic heterocycles. The lowest BCUT2D eigenvalue weighted by Crippen LogP contribution is -2.47. The van der Waals surface area contributed by atoms with Crippen LogP contribution in [0.15, 0.2) is 127 Å². The SMILES string of the molecule is C=C/C(C)=C/[C@H]1C/C(C)=C/CC[C@@H](O[P+](c2ccccc2)(c2ccccc2)c2ccccc2)[C@@H](CO[Si](C)(C)C(C)(C)C)O1. The second kappa shape index (κ2) is 15.1. The van der Waals surface area contributed by atoms with Gasteiger partial charge in [0.1, 0.15) is 28.1 Å². The maximum absolute atomic E-state index is 7.76. The van der Waals surface area contributed by atoms with E-state index in [0.29, 0.717) is 6.61 Å². The van der Waals surface area contributed by atoms with Crippen molar-refractivity contribution in [2.24, 2.45) is 0 Å². The monoisotopic (exact) mass is 627 g/mol. The van der Waals surface area contributed by atoms with Crippen LogP contribution in [-0.2, 0) is 13.7 Å². The summed E-state index contributed by atoms with van der Waals surface area (Å²) < 4.78 is 21.8. The Bertz CT molecular complexity index is 1300. The lowest BCUT2D eigenvalue weighted by Gasteiger charge is -2.39. The summed E-state index contributed by atoms with van der Waals surface area (Å²) in [4.78, 5) is 0. The quantitative estimate of drug-likeness (QED) is 0.0971. The first-order valence-electron chi connectivity index (χ1n) is 16.0. The zero-order chi connectivity index (χ0) is 31.8. The van der Waals surface area contributed by atoms with E-state index in [1.807, 2.05) is 6.08 Å². The summed E-state index contributed by atoms with van der Waals surface area (Å²) in [7, 11) is -4.60. The van der Waals surface area contributed by atoms with Crippen molar-refractivity contribution in [3.05, 3.63) is 127 Å². The normalized spacial score (nSPS) is 21.8. The zero-order valence-corrected chi connectivity index (χ0v) is 29.7. The Morgan fingerprint density at radius 2 is 1.41 bits per heavy atom. The van der Waals surface area contributed by atoms with E-state index in [4.69, 9.17) is 13.7 Å². The fourth-order valence-corrected chi connectivity index (χ4v) is 10.1. The Balaban J connectivity index is 1.88. The number of benzene rings is 3. The number of hydrogen-bond donors (Lipinski definition) is 0. The molecule has 234 valence electrons. The van der Waals surface area contributed by atoms with E-state index < -0.39 is 15.8 Å². The molecule has 4 rings (SSSR count). The van der Waals surface area contributed by atoms with Gasteiger partial charge in [-0.2, -0.15) is 0 Å². The van der Waals surface area contributed by atoms with Crippen LogP contribution in [0.25, 0.3) is 0 Å². The van der Waals surface area contributed by atoms with Gasteiger partial charge >= 0.3 is 0 Å². The van der Waals surface area contributed by atoms with E-state index >= 15 is 0 Å². The molecule has 3 atom stereocenters. The van der Waals surface area contributed by atoms with Crippen LogP contribution in [0.5, 0.6) is 0 Å². The maximum atomic E-state index is 7.76. The Kier molecular flexibility index (Phi) is 11.8. The molecule has 0 amide bonds. The Morgan fingerprint density at radius 1 is 0.909 bits per heavy atom. The number of rotatable bonds is 10. The van der Waals surface area contributed by atoms with Crippen LogP contribution in [-0.4, -0.2) is 33.2 Å². The molecule has 0 fully saturated rings. The first-order chi connectivity index (χ1) is 21.0. The van der Waals surface area contributed by atoms with E-state index in [1.165, 1.54) is 21.5 Å². The Morgan fingerprint density at radius 3 is 1.86 bits per heavy atom. The summed E-state index contributed by atoms with van der Waals surface area (Å²) in [6.07, 6.45) is 8.54. The average Bonchev–Trinajstić information content (AvgIpc) is 3.08. The first kappa shape index (κ1) is 34.3. The third-order valence-corrected chi connectivity index (χ3v) is 17.2. The van der Waals surface area contributed by atoms with Crippen LogP contribution in [0, 0.1) is 0 Å². The standard InChI is InChI=1S/C39H52O3PSi/c1-9-31(2)28-33-29-32(3)20-19-27-37(38(41-33)30-40-44(7,8)39(4,5)6)42-43(34-21-13-10-14-22-34,35-23-15-11-16-24-35)36-25-17-12-18-26-36/h9-18,20-26,28,33,37-38H,1,19,27,29-30H2,2-8H3/q+1/b31-28+,32-20+/t33-,37+,38+/m0/s1. The second-order valence-corrected chi connectivity index (χ2v) is 21.3. The molecule has 0 unspecified atom stereocenters. The lowest BCUT2D eigenvalue weighted by molar-refractivity contribution is -0.0709. The van der Waals surface area contributed by atoms with Crippen LogP contribution in [0.1, 0.15) is 53.9 Å². The van der Waals surface area contributed by atoms with Crippen molar-refractivity contribution in [1.29, 1.82) is 0 Å². The summed E-state index contributed by atoms with van der Waals surface area (Å²) in [5.74, 6) is 0. The van der Waals surface area contributed by atoms with E-state index in [1.54, 1.807) is 0 Å². The first-order valence-corrected chi connectivity index (χ1v) is 20.6. The summed E-state index contributed by atoms with van der Waals surface area (Å²) in [6.45, 7) is 20.3. The molecule has 0 spiro atoms. The van der Waals surface area contributed by atoms with Gasteiger partial charge in [0, 0.05) is 0 Å². The highest BCUT2D eigenvalue weighted by Crippen LogP contribution is 2.58. The summed E-state index contributed by atoms with van der Waals surface area (Å²) in [5, 5.41) is 3.69. The molecule has 0 radical (unpaired) electrons. The highest BCUT2D eigenvalue weighted by molar-refractivity contribution is 7.91. The van der Waals surface area contributed by atoms with E-state index in [9.17, 15) is 0 Å².